The summed E-state index contributed by atoms with van der Waals surface area (Å²) in [5, 5.41) is 0. The molecule has 0 aliphatic rings. The van der Waals surface area contributed by atoms with Crippen LogP contribution in [0.3, 0.4) is 0 Å². The zero-order chi connectivity index (χ0) is 17.3. The summed E-state index contributed by atoms with van der Waals surface area (Å²) < 4.78 is 37.3. The Kier molecular flexibility index (Phi) is 7.57. The van der Waals surface area contributed by atoms with Crippen LogP contribution in [0.15, 0.2) is 33.7 Å². The van der Waals surface area contributed by atoms with Crippen LogP contribution in [0.25, 0.3) is 10.4 Å². The summed E-state index contributed by atoms with van der Waals surface area (Å²) in [5.74, 6) is 0.582. The van der Waals surface area contributed by atoms with Gasteiger partial charge in [-0.1, -0.05) is 6.92 Å². The predicted octanol–water partition coefficient (Wildman–Crippen LogP) is 4.09. The third-order valence-electron chi connectivity index (χ3n) is 3.15. The van der Waals surface area contributed by atoms with E-state index in [4.69, 9.17) is 14.7 Å². The van der Waals surface area contributed by atoms with Gasteiger partial charge < -0.3 is 9.16 Å². The molecule has 0 saturated carbocycles. The van der Waals surface area contributed by atoms with Crippen molar-refractivity contribution in [1.29, 1.82) is 0 Å². The van der Waals surface area contributed by atoms with Gasteiger partial charge in [0.2, 0.25) is 0 Å². The fourth-order valence-electron chi connectivity index (χ4n) is 1.94. The molecule has 0 radical (unpaired) electrons. The first-order valence-corrected chi connectivity index (χ1v) is 12.0. The Morgan fingerprint density at radius 2 is 1.87 bits per heavy atom. The highest BCUT2D eigenvalue weighted by Gasteiger charge is 2.21. The second-order valence-electron chi connectivity index (χ2n) is 5.68. The molecular weight excluding hydrogens is 334 g/mol. The lowest BCUT2D eigenvalue weighted by molar-refractivity contribution is 0.291. The monoisotopic (exact) mass is 357 g/mol. The first kappa shape index (κ1) is 19.5. The second-order valence-corrected chi connectivity index (χ2v) is 11.6. The molecule has 1 aromatic carbocycles. The van der Waals surface area contributed by atoms with Gasteiger partial charge in [0.05, 0.1) is 11.5 Å². The van der Waals surface area contributed by atoms with Gasteiger partial charge in [-0.05, 0) is 61.8 Å². The molecule has 0 amide bonds. The van der Waals surface area contributed by atoms with Crippen LogP contribution < -0.4 is 4.74 Å². The summed E-state index contributed by atoms with van der Waals surface area (Å²) >= 11 is 0. The van der Waals surface area contributed by atoms with Crippen molar-refractivity contribution in [2.45, 2.75) is 43.8 Å². The zero-order valence-corrected chi connectivity index (χ0v) is 15.5. The normalized spacial score (nSPS) is 11.8. The molecule has 0 aliphatic heterocycles. The molecule has 0 unspecified atom stereocenters. The highest BCUT2D eigenvalue weighted by Crippen LogP contribution is 2.19. The van der Waals surface area contributed by atoms with Crippen molar-refractivity contribution in [3.8, 4) is 5.75 Å². The number of rotatable bonds is 10. The summed E-state index contributed by atoms with van der Waals surface area (Å²) in [6.07, 6.45) is 1.92. The maximum atomic E-state index is 11.5. The van der Waals surface area contributed by atoms with Crippen molar-refractivity contribution in [3.63, 3.8) is 0 Å². The molecule has 0 aliphatic carbocycles. The van der Waals surface area contributed by atoms with Gasteiger partial charge in [-0.25, -0.2) is 8.42 Å². The van der Waals surface area contributed by atoms with E-state index in [0.29, 0.717) is 12.4 Å². The molecule has 1 rings (SSSR count). The van der Waals surface area contributed by atoms with Gasteiger partial charge in [0.1, 0.15) is 5.75 Å². The fraction of sp³-hybridized carbons (Fsp3) is 0.571. The van der Waals surface area contributed by atoms with Crippen LogP contribution in [0.2, 0.25) is 19.1 Å². The van der Waals surface area contributed by atoms with Crippen LogP contribution >= 0.6 is 0 Å². The molecule has 0 atom stereocenters. The maximum absolute atomic E-state index is 11.5. The van der Waals surface area contributed by atoms with Crippen molar-refractivity contribution in [1.82, 2.24) is 0 Å². The summed E-state index contributed by atoms with van der Waals surface area (Å²) in [6, 6.07) is 6.84. The average molecular weight is 358 g/mol. The number of benzene rings is 1. The highest BCUT2D eigenvalue weighted by atomic mass is 32.2. The van der Waals surface area contributed by atoms with Gasteiger partial charge in [-0.2, -0.15) is 0 Å². The van der Waals surface area contributed by atoms with E-state index in [2.05, 4.69) is 29.4 Å². The summed E-state index contributed by atoms with van der Waals surface area (Å²) in [6.45, 7) is 7.84. The van der Waals surface area contributed by atoms with Gasteiger partial charge in [-0.3, -0.25) is 0 Å². The molecule has 0 heterocycles. The van der Waals surface area contributed by atoms with Gasteiger partial charge in [-0.15, -0.1) is 0 Å². The number of ether oxygens (including phenoxy) is 1. The minimum Gasteiger partial charge on any atom is -0.494 e. The molecule has 1 aromatic rings. The second kappa shape index (κ2) is 8.93. The van der Waals surface area contributed by atoms with E-state index in [1.54, 1.807) is 12.1 Å². The van der Waals surface area contributed by atoms with Crippen molar-refractivity contribution >= 4 is 18.3 Å². The standard InChI is InChI=1S/C14H23N3O4SSi/c1-4-10-21-23(2,3)12-5-11-20-13-6-8-14(9-7-13)22(18,19)17-16-15/h6-9H,4-5,10-12H2,1-3H3. The smallest absolute Gasteiger partial charge is 0.264 e. The van der Waals surface area contributed by atoms with Gasteiger partial charge in [0, 0.05) is 16.0 Å². The van der Waals surface area contributed by atoms with Crippen molar-refractivity contribution in [3.05, 3.63) is 34.7 Å². The van der Waals surface area contributed by atoms with Crippen molar-refractivity contribution in [2.75, 3.05) is 13.2 Å². The molecule has 7 nitrogen and oxygen atoms in total. The summed E-state index contributed by atoms with van der Waals surface area (Å²) in [7, 11) is -5.55. The Balaban J connectivity index is 2.47. The predicted molar refractivity (Wildman–Crippen MR) is 91.4 cm³/mol. The van der Waals surface area contributed by atoms with Gasteiger partial charge >= 0.3 is 0 Å². The minimum atomic E-state index is -3.94. The molecule has 128 valence electrons. The lowest BCUT2D eigenvalue weighted by Gasteiger charge is -2.22. The van der Waals surface area contributed by atoms with E-state index in [9.17, 15) is 8.42 Å². The van der Waals surface area contributed by atoms with Crippen LogP contribution in [0, 0.1) is 0 Å². The zero-order valence-electron chi connectivity index (χ0n) is 13.7. The van der Waals surface area contributed by atoms with E-state index in [1.165, 1.54) is 12.1 Å². The van der Waals surface area contributed by atoms with E-state index >= 15 is 0 Å². The van der Waals surface area contributed by atoms with Crippen LogP contribution in [-0.4, -0.2) is 29.9 Å². The van der Waals surface area contributed by atoms with Crippen LogP contribution in [-0.2, 0) is 14.4 Å². The number of azide groups is 1. The quantitative estimate of drug-likeness (QED) is 0.207. The fourth-order valence-corrected chi connectivity index (χ4v) is 4.51. The van der Waals surface area contributed by atoms with Crippen molar-refractivity contribution < 1.29 is 17.6 Å². The Morgan fingerprint density at radius 1 is 1.22 bits per heavy atom. The molecule has 0 bridgehead atoms. The third-order valence-corrected chi connectivity index (χ3v) is 6.85. The van der Waals surface area contributed by atoms with Crippen LogP contribution in [0.5, 0.6) is 5.75 Å². The average Bonchev–Trinajstić information content (AvgIpc) is 2.50. The lowest BCUT2D eigenvalue weighted by atomic mass is 10.3. The highest BCUT2D eigenvalue weighted by molar-refractivity contribution is 7.90. The number of nitrogens with zero attached hydrogens (tertiary/aromatic N) is 3. The lowest BCUT2D eigenvalue weighted by Crippen LogP contribution is -2.30. The van der Waals surface area contributed by atoms with E-state index in [0.717, 1.165) is 25.5 Å². The van der Waals surface area contributed by atoms with E-state index in [-0.39, 0.29) is 4.90 Å². The number of hydrogen-bond donors (Lipinski definition) is 0. The molecule has 23 heavy (non-hydrogen) atoms. The largest absolute Gasteiger partial charge is 0.494 e. The molecule has 9 heteroatoms. The Bertz CT molecular complexity index is 640. The Labute approximate surface area is 138 Å². The van der Waals surface area contributed by atoms with E-state index in [1.807, 2.05) is 0 Å². The first-order valence-electron chi connectivity index (χ1n) is 7.49. The summed E-state index contributed by atoms with van der Waals surface area (Å²) in [4.78, 5) is 2.26. The Morgan fingerprint density at radius 3 is 2.43 bits per heavy atom. The molecule has 0 spiro atoms. The third kappa shape index (κ3) is 7.04. The van der Waals surface area contributed by atoms with Gasteiger partial charge in [0.15, 0.2) is 8.32 Å². The summed E-state index contributed by atoms with van der Waals surface area (Å²) in [5.41, 5.74) is 8.23. The number of hydrogen-bond acceptors (Lipinski definition) is 4. The van der Waals surface area contributed by atoms with Gasteiger partial charge in [0.25, 0.3) is 10.0 Å². The number of sulfonamides is 1. The maximum Gasteiger partial charge on any atom is 0.264 e. The topological polar surface area (TPSA) is 101 Å². The van der Waals surface area contributed by atoms with Crippen molar-refractivity contribution in [2.24, 2.45) is 4.52 Å². The molecular formula is C14H23N3O4SSi. The SMILES string of the molecule is CCCO[Si](C)(C)CCCOc1ccc(S(=O)(=O)N=[N+]=[N-])cc1. The molecule has 0 N–H and O–H groups in total. The molecule has 0 aromatic heterocycles. The van der Waals surface area contributed by atoms with E-state index < -0.39 is 18.3 Å². The molecule has 0 saturated heterocycles. The minimum absolute atomic E-state index is 0.0517. The molecule has 0 fully saturated rings. The Hall–Kier alpha value is -1.54. The van der Waals surface area contributed by atoms with Crippen LogP contribution in [0.1, 0.15) is 19.8 Å². The first-order chi connectivity index (χ1) is 10.8. The van der Waals surface area contributed by atoms with Crippen LogP contribution in [0.4, 0.5) is 0 Å².